The van der Waals surface area contributed by atoms with Gasteiger partial charge >= 0.3 is 0 Å². The molecule has 0 fully saturated rings. The van der Waals surface area contributed by atoms with E-state index >= 15 is 0 Å². The molecule has 2 aromatic carbocycles. The topological polar surface area (TPSA) is 99.2 Å². The summed E-state index contributed by atoms with van der Waals surface area (Å²) in [6.45, 7) is 1.89. The van der Waals surface area contributed by atoms with E-state index in [1.165, 1.54) is 11.3 Å². The molecule has 0 aliphatic rings. The van der Waals surface area contributed by atoms with Gasteiger partial charge in [0.2, 0.25) is 0 Å². The number of aromatic nitrogens is 1. The number of benzene rings is 2. The number of carbonyl (C=O) groups is 1. The van der Waals surface area contributed by atoms with Gasteiger partial charge in [0, 0.05) is 22.2 Å². The van der Waals surface area contributed by atoms with Crippen LogP contribution in [0.5, 0.6) is 0 Å². The summed E-state index contributed by atoms with van der Waals surface area (Å²) in [4.78, 5) is 14.8. The van der Waals surface area contributed by atoms with Crippen LogP contribution in [0.25, 0.3) is 11.3 Å². The zero-order valence-electron chi connectivity index (χ0n) is 13.4. The molecule has 0 unspecified atom stereocenters. The predicted molar refractivity (Wildman–Crippen MR) is 93.8 cm³/mol. The Hall–Kier alpha value is -2.78. The highest BCUT2D eigenvalue weighted by Gasteiger charge is 2.17. The number of sulfonamides is 1. The second kappa shape index (κ2) is 6.85. The van der Waals surface area contributed by atoms with E-state index in [1.807, 2.05) is 12.3 Å². The van der Waals surface area contributed by atoms with Crippen LogP contribution in [0.1, 0.15) is 15.4 Å². The minimum Gasteiger partial charge on any atom is -0.545 e. The van der Waals surface area contributed by atoms with E-state index in [-0.39, 0.29) is 10.6 Å². The summed E-state index contributed by atoms with van der Waals surface area (Å²) in [6, 6.07) is 9.02. The third kappa shape index (κ3) is 3.73. The lowest BCUT2D eigenvalue weighted by Gasteiger charge is -2.11. The number of carboxylic acids is 1. The second-order valence-corrected chi connectivity index (χ2v) is 8.11. The van der Waals surface area contributed by atoms with Gasteiger partial charge in [-0.3, -0.25) is 4.72 Å². The molecule has 0 aliphatic carbocycles. The normalized spacial score (nSPS) is 11.3. The molecule has 0 saturated carbocycles. The number of hydrogen-bond acceptors (Lipinski definition) is 6. The minimum absolute atomic E-state index is 0.278. The summed E-state index contributed by atoms with van der Waals surface area (Å²) in [5.74, 6) is -2.85. The number of aryl methyl sites for hydroxylation is 1. The van der Waals surface area contributed by atoms with Crippen LogP contribution < -0.4 is 9.83 Å². The van der Waals surface area contributed by atoms with E-state index < -0.39 is 27.4 Å². The Kier molecular flexibility index (Phi) is 4.75. The van der Waals surface area contributed by atoms with Gasteiger partial charge in [-0.25, -0.2) is 17.8 Å². The first-order valence-corrected chi connectivity index (χ1v) is 9.69. The van der Waals surface area contributed by atoms with Crippen molar-refractivity contribution in [3.63, 3.8) is 0 Å². The number of halogens is 1. The molecule has 6 nitrogen and oxygen atoms in total. The molecular formula is C17H12FN2O4S2-. The number of rotatable bonds is 5. The lowest BCUT2D eigenvalue weighted by molar-refractivity contribution is -0.255. The van der Waals surface area contributed by atoms with Gasteiger partial charge < -0.3 is 9.90 Å². The number of thiazole rings is 1. The number of carboxylic acid groups (broad SMARTS) is 1. The standard InChI is InChI=1S/C17H13FN2O4S2/c1-10-19-16(9-25-10)11-2-4-12(5-3-11)20-26(23,24)13-6-7-15(18)14(8-13)17(21)22/h2-9,20H,1H3,(H,21,22)/p-1. The Bertz CT molecular complexity index is 1080. The van der Waals surface area contributed by atoms with Crippen molar-refractivity contribution in [2.24, 2.45) is 0 Å². The van der Waals surface area contributed by atoms with Gasteiger partial charge in [0.15, 0.2) is 0 Å². The smallest absolute Gasteiger partial charge is 0.261 e. The molecule has 0 bridgehead atoms. The average Bonchev–Trinajstić information content (AvgIpc) is 3.01. The molecule has 134 valence electrons. The molecule has 0 spiro atoms. The van der Waals surface area contributed by atoms with Crippen LogP contribution >= 0.6 is 11.3 Å². The maximum Gasteiger partial charge on any atom is 0.261 e. The monoisotopic (exact) mass is 391 g/mol. The van der Waals surface area contributed by atoms with Crippen molar-refractivity contribution < 1.29 is 22.7 Å². The van der Waals surface area contributed by atoms with E-state index in [9.17, 15) is 22.7 Å². The van der Waals surface area contributed by atoms with Crippen molar-refractivity contribution in [2.75, 3.05) is 4.72 Å². The highest BCUT2D eigenvalue weighted by molar-refractivity contribution is 7.92. The van der Waals surface area contributed by atoms with Crippen LogP contribution in [0.15, 0.2) is 52.7 Å². The average molecular weight is 391 g/mol. The van der Waals surface area contributed by atoms with Crippen LogP contribution in [0, 0.1) is 12.7 Å². The van der Waals surface area contributed by atoms with Crippen molar-refractivity contribution in [3.05, 3.63) is 64.2 Å². The molecule has 3 rings (SSSR count). The summed E-state index contributed by atoms with van der Waals surface area (Å²) in [7, 11) is -4.08. The van der Waals surface area contributed by atoms with Gasteiger partial charge in [0.1, 0.15) is 5.82 Å². The fourth-order valence-corrected chi connectivity index (χ4v) is 3.95. The molecule has 0 radical (unpaired) electrons. The second-order valence-electron chi connectivity index (χ2n) is 5.36. The number of carbonyl (C=O) groups excluding carboxylic acids is 1. The highest BCUT2D eigenvalue weighted by atomic mass is 32.2. The molecule has 1 N–H and O–H groups in total. The van der Waals surface area contributed by atoms with Crippen molar-refractivity contribution in [3.8, 4) is 11.3 Å². The quantitative estimate of drug-likeness (QED) is 0.720. The van der Waals surface area contributed by atoms with E-state index in [1.54, 1.807) is 24.3 Å². The number of aromatic carboxylic acids is 1. The fourth-order valence-electron chi connectivity index (χ4n) is 2.25. The van der Waals surface area contributed by atoms with Crippen LogP contribution in [0.4, 0.5) is 10.1 Å². The minimum atomic E-state index is -4.08. The largest absolute Gasteiger partial charge is 0.545 e. The highest BCUT2D eigenvalue weighted by Crippen LogP contribution is 2.24. The molecule has 1 heterocycles. The Balaban J connectivity index is 1.86. The SMILES string of the molecule is Cc1nc(-c2ccc(NS(=O)(=O)c3ccc(F)c(C(=O)[O-])c3)cc2)cs1. The third-order valence-corrected chi connectivity index (χ3v) is 5.67. The van der Waals surface area contributed by atoms with Gasteiger partial charge in [0.05, 0.1) is 21.6 Å². The van der Waals surface area contributed by atoms with Crippen molar-refractivity contribution in [1.82, 2.24) is 4.98 Å². The maximum absolute atomic E-state index is 13.4. The van der Waals surface area contributed by atoms with Gasteiger partial charge in [-0.05, 0) is 37.3 Å². The van der Waals surface area contributed by atoms with Crippen LogP contribution in [0.3, 0.4) is 0 Å². The molecular weight excluding hydrogens is 379 g/mol. The number of nitrogens with one attached hydrogen (secondary N) is 1. The molecule has 1 aromatic heterocycles. The van der Waals surface area contributed by atoms with Crippen LogP contribution in [-0.2, 0) is 10.0 Å². The first kappa shape index (κ1) is 18.0. The summed E-state index contributed by atoms with van der Waals surface area (Å²) in [5.41, 5.74) is 1.08. The van der Waals surface area contributed by atoms with Crippen LogP contribution in [-0.4, -0.2) is 19.4 Å². The van der Waals surface area contributed by atoms with E-state index in [4.69, 9.17) is 0 Å². The molecule has 26 heavy (non-hydrogen) atoms. The van der Waals surface area contributed by atoms with Crippen molar-refractivity contribution in [1.29, 1.82) is 0 Å². The number of hydrogen-bond donors (Lipinski definition) is 1. The van der Waals surface area contributed by atoms with E-state index in [2.05, 4.69) is 9.71 Å². The zero-order valence-corrected chi connectivity index (χ0v) is 15.0. The molecule has 0 amide bonds. The zero-order chi connectivity index (χ0) is 18.9. The molecule has 0 saturated heterocycles. The fraction of sp³-hybridized carbons (Fsp3) is 0.0588. The summed E-state index contributed by atoms with van der Waals surface area (Å²) in [5, 5.41) is 13.7. The lowest BCUT2D eigenvalue weighted by Crippen LogP contribution is -2.24. The summed E-state index contributed by atoms with van der Waals surface area (Å²) in [6.07, 6.45) is 0. The molecule has 9 heteroatoms. The summed E-state index contributed by atoms with van der Waals surface area (Å²) < 4.78 is 40.5. The van der Waals surface area contributed by atoms with Crippen molar-refractivity contribution in [2.45, 2.75) is 11.8 Å². The maximum atomic E-state index is 13.4. The Morgan fingerprint density at radius 3 is 2.46 bits per heavy atom. The molecule has 0 atom stereocenters. The third-order valence-electron chi connectivity index (χ3n) is 3.52. The first-order chi connectivity index (χ1) is 12.3. The molecule has 0 aliphatic heterocycles. The van der Waals surface area contributed by atoms with E-state index in [0.29, 0.717) is 0 Å². The van der Waals surface area contributed by atoms with Gasteiger partial charge in [-0.15, -0.1) is 11.3 Å². The van der Waals surface area contributed by atoms with Gasteiger partial charge in [0.25, 0.3) is 10.0 Å². The number of nitrogens with zero attached hydrogens (tertiary/aromatic N) is 1. The van der Waals surface area contributed by atoms with Crippen molar-refractivity contribution >= 4 is 33.0 Å². The lowest BCUT2D eigenvalue weighted by atomic mass is 10.1. The van der Waals surface area contributed by atoms with Gasteiger partial charge in [-0.1, -0.05) is 12.1 Å². The molecule has 3 aromatic rings. The van der Waals surface area contributed by atoms with Crippen LogP contribution in [0.2, 0.25) is 0 Å². The Labute approximate surface area is 153 Å². The number of anilines is 1. The van der Waals surface area contributed by atoms with E-state index in [0.717, 1.165) is 34.5 Å². The summed E-state index contributed by atoms with van der Waals surface area (Å²) >= 11 is 1.51. The van der Waals surface area contributed by atoms with Gasteiger partial charge in [-0.2, -0.15) is 0 Å². The Morgan fingerprint density at radius 1 is 1.19 bits per heavy atom. The first-order valence-electron chi connectivity index (χ1n) is 7.32. The Morgan fingerprint density at radius 2 is 1.88 bits per heavy atom. The predicted octanol–water partition coefficient (Wildman–Crippen LogP) is 2.42.